The van der Waals surface area contributed by atoms with Gasteiger partial charge in [0.1, 0.15) is 11.2 Å². The van der Waals surface area contributed by atoms with Crippen LogP contribution < -0.4 is 4.74 Å². The molecule has 0 radical (unpaired) electrons. The number of hydrogen-bond acceptors (Lipinski definition) is 3. The minimum absolute atomic E-state index is 0.462. The van der Waals surface area contributed by atoms with Gasteiger partial charge in [-0.15, -0.1) is 0 Å². The predicted molar refractivity (Wildman–Crippen MR) is 78.0 cm³/mol. The molecule has 0 aromatic heterocycles. The topological polar surface area (TPSA) is 33.0 Å². The zero-order valence-corrected chi connectivity index (χ0v) is 12.4. The number of thiocyanates is 1. The summed E-state index contributed by atoms with van der Waals surface area (Å²) in [6.45, 7) is 6.54. The molecule has 0 aliphatic rings. The Morgan fingerprint density at radius 3 is 2.61 bits per heavy atom. The molecule has 1 unspecified atom stereocenters. The maximum atomic E-state index is 8.56. The van der Waals surface area contributed by atoms with E-state index in [-0.39, 0.29) is 0 Å². The van der Waals surface area contributed by atoms with Gasteiger partial charge in [0.15, 0.2) is 0 Å². The first-order chi connectivity index (χ1) is 8.58. The Kier molecular flexibility index (Phi) is 6.07. The number of thioether (sulfide) groups is 1. The van der Waals surface area contributed by atoms with Crippen LogP contribution in [0.1, 0.15) is 37.8 Å². The summed E-state index contributed by atoms with van der Waals surface area (Å²) in [4.78, 5) is 0. The number of rotatable bonds is 6. The van der Waals surface area contributed by atoms with Crippen LogP contribution in [-0.2, 0) is 6.42 Å². The molecule has 0 saturated heterocycles. The Bertz CT molecular complexity index is 423. The van der Waals surface area contributed by atoms with Gasteiger partial charge in [-0.25, -0.2) is 0 Å². The summed E-state index contributed by atoms with van der Waals surface area (Å²) in [5, 5.41) is 10.7. The van der Waals surface area contributed by atoms with Crippen molar-refractivity contribution in [3.05, 3.63) is 29.3 Å². The normalized spacial score (nSPS) is 12.2. The van der Waals surface area contributed by atoms with Crippen LogP contribution in [0.15, 0.2) is 18.2 Å². The smallest absolute Gasteiger partial charge is 0.133 e. The first kappa shape index (κ1) is 14.9. The van der Waals surface area contributed by atoms with Gasteiger partial charge >= 0.3 is 0 Å². The molecule has 0 heterocycles. The first-order valence-corrected chi connectivity index (χ1v) is 7.24. The standard InChI is InChI=1S/C15H21NOS/c1-11(2)14-8-13(5-6-15(14)17-4)7-12(3)9-18-10-16/h5-6,8,11-12H,7,9H2,1-4H3. The fraction of sp³-hybridized carbons (Fsp3) is 0.533. The lowest BCUT2D eigenvalue weighted by atomic mass is 9.95. The number of methoxy groups -OCH3 is 1. The molecule has 0 amide bonds. The average molecular weight is 263 g/mol. The van der Waals surface area contributed by atoms with E-state index < -0.39 is 0 Å². The largest absolute Gasteiger partial charge is 0.496 e. The Balaban J connectivity index is 2.79. The van der Waals surface area contributed by atoms with Crippen LogP contribution >= 0.6 is 11.8 Å². The van der Waals surface area contributed by atoms with Gasteiger partial charge in [-0.05, 0) is 47.2 Å². The van der Waals surface area contributed by atoms with Gasteiger partial charge in [-0.1, -0.05) is 32.9 Å². The van der Waals surface area contributed by atoms with Gasteiger partial charge < -0.3 is 4.74 Å². The molecule has 0 saturated carbocycles. The summed E-state index contributed by atoms with van der Waals surface area (Å²) in [6, 6.07) is 6.41. The fourth-order valence-corrected chi connectivity index (χ4v) is 2.48. The molecule has 1 rings (SSSR count). The van der Waals surface area contributed by atoms with Crippen molar-refractivity contribution in [3.8, 4) is 11.2 Å². The lowest BCUT2D eigenvalue weighted by Gasteiger charge is -2.15. The SMILES string of the molecule is COc1ccc(CC(C)CSC#N)cc1C(C)C. The van der Waals surface area contributed by atoms with Crippen LogP contribution in [0.2, 0.25) is 0 Å². The lowest BCUT2D eigenvalue weighted by molar-refractivity contribution is 0.407. The lowest BCUT2D eigenvalue weighted by Crippen LogP contribution is -2.04. The Morgan fingerprint density at radius 1 is 1.33 bits per heavy atom. The molecule has 1 atom stereocenters. The average Bonchev–Trinajstić information content (AvgIpc) is 2.36. The molecule has 0 aliphatic carbocycles. The highest BCUT2D eigenvalue weighted by Gasteiger charge is 2.10. The quantitative estimate of drug-likeness (QED) is 0.721. The van der Waals surface area contributed by atoms with E-state index in [0.717, 1.165) is 17.9 Å². The van der Waals surface area contributed by atoms with E-state index in [9.17, 15) is 0 Å². The molecule has 0 fully saturated rings. The van der Waals surface area contributed by atoms with Gasteiger partial charge in [-0.2, -0.15) is 5.26 Å². The zero-order chi connectivity index (χ0) is 13.5. The van der Waals surface area contributed by atoms with Gasteiger partial charge in [0, 0.05) is 5.75 Å². The number of ether oxygens (including phenoxy) is 1. The van der Waals surface area contributed by atoms with Crippen LogP contribution in [0, 0.1) is 16.6 Å². The molecule has 18 heavy (non-hydrogen) atoms. The van der Waals surface area contributed by atoms with E-state index in [0.29, 0.717) is 11.8 Å². The second-order valence-corrected chi connectivity index (χ2v) is 5.75. The molecule has 0 N–H and O–H groups in total. The van der Waals surface area contributed by atoms with Crippen LogP contribution in [0.4, 0.5) is 0 Å². The van der Waals surface area contributed by atoms with Crippen LogP contribution in [0.25, 0.3) is 0 Å². The maximum absolute atomic E-state index is 8.56. The highest BCUT2D eigenvalue weighted by molar-refractivity contribution is 8.03. The van der Waals surface area contributed by atoms with E-state index in [2.05, 4.69) is 44.4 Å². The van der Waals surface area contributed by atoms with E-state index in [1.54, 1.807) is 7.11 Å². The van der Waals surface area contributed by atoms with E-state index >= 15 is 0 Å². The van der Waals surface area contributed by atoms with Gasteiger partial charge in [0.05, 0.1) is 7.11 Å². The Labute approximate surface area is 114 Å². The van der Waals surface area contributed by atoms with Crippen molar-refractivity contribution < 1.29 is 4.74 Å². The third-order valence-corrected chi connectivity index (χ3v) is 3.80. The highest BCUT2D eigenvalue weighted by Crippen LogP contribution is 2.28. The van der Waals surface area contributed by atoms with Crippen molar-refractivity contribution in [3.63, 3.8) is 0 Å². The van der Waals surface area contributed by atoms with E-state index in [1.165, 1.54) is 22.9 Å². The summed E-state index contributed by atoms with van der Waals surface area (Å²) in [7, 11) is 1.72. The van der Waals surface area contributed by atoms with Crippen LogP contribution in [0.5, 0.6) is 5.75 Å². The first-order valence-electron chi connectivity index (χ1n) is 6.26. The summed E-state index contributed by atoms with van der Waals surface area (Å²) < 4.78 is 5.38. The van der Waals surface area contributed by atoms with Crippen LogP contribution in [0.3, 0.4) is 0 Å². The van der Waals surface area contributed by atoms with Crippen molar-refractivity contribution in [2.24, 2.45) is 5.92 Å². The zero-order valence-electron chi connectivity index (χ0n) is 11.6. The van der Waals surface area contributed by atoms with Gasteiger partial charge in [0.2, 0.25) is 0 Å². The molecule has 0 aliphatic heterocycles. The van der Waals surface area contributed by atoms with Crippen molar-refractivity contribution in [1.82, 2.24) is 0 Å². The van der Waals surface area contributed by atoms with Gasteiger partial charge in [-0.3, -0.25) is 0 Å². The van der Waals surface area contributed by atoms with E-state index in [4.69, 9.17) is 10.00 Å². The number of hydrogen-bond donors (Lipinski definition) is 0. The minimum Gasteiger partial charge on any atom is -0.496 e. The molecule has 3 heteroatoms. The monoisotopic (exact) mass is 263 g/mol. The Hall–Kier alpha value is -1.14. The second kappa shape index (κ2) is 7.33. The molecule has 1 aromatic rings. The van der Waals surface area contributed by atoms with Gasteiger partial charge in [0.25, 0.3) is 0 Å². The molecule has 98 valence electrons. The molecule has 2 nitrogen and oxygen atoms in total. The maximum Gasteiger partial charge on any atom is 0.133 e. The molecular weight excluding hydrogens is 242 g/mol. The third-order valence-electron chi connectivity index (χ3n) is 2.93. The van der Waals surface area contributed by atoms with E-state index in [1.807, 2.05) is 0 Å². The molecular formula is C15H21NOS. The number of nitrogens with zero attached hydrogens (tertiary/aromatic N) is 1. The van der Waals surface area contributed by atoms with Crippen molar-refractivity contribution in [1.29, 1.82) is 5.26 Å². The summed E-state index contributed by atoms with van der Waals surface area (Å²) >= 11 is 1.33. The second-order valence-electron chi connectivity index (χ2n) is 4.94. The summed E-state index contributed by atoms with van der Waals surface area (Å²) in [5.41, 5.74) is 2.58. The summed E-state index contributed by atoms with van der Waals surface area (Å²) in [6.07, 6.45) is 1.01. The van der Waals surface area contributed by atoms with Crippen molar-refractivity contribution in [2.75, 3.05) is 12.9 Å². The molecule has 0 spiro atoms. The minimum atomic E-state index is 0.462. The predicted octanol–water partition coefficient (Wildman–Crippen LogP) is 4.21. The third kappa shape index (κ3) is 4.27. The fourth-order valence-electron chi connectivity index (χ4n) is 2.00. The molecule has 1 aromatic carbocycles. The van der Waals surface area contributed by atoms with Crippen molar-refractivity contribution in [2.45, 2.75) is 33.1 Å². The van der Waals surface area contributed by atoms with Crippen molar-refractivity contribution >= 4 is 11.8 Å². The number of nitriles is 1. The summed E-state index contributed by atoms with van der Waals surface area (Å²) in [5.74, 6) is 2.83. The number of benzene rings is 1. The van der Waals surface area contributed by atoms with Crippen LogP contribution in [-0.4, -0.2) is 12.9 Å². The Morgan fingerprint density at radius 2 is 2.06 bits per heavy atom. The highest BCUT2D eigenvalue weighted by atomic mass is 32.2. The molecule has 0 bridgehead atoms.